The Balaban J connectivity index is 1.58. The summed E-state index contributed by atoms with van der Waals surface area (Å²) in [5, 5.41) is 0. The van der Waals surface area contributed by atoms with Crippen LogP contribution < -0.4 is 4.90 Å². The first-order valence-electron chi connectivity index (χ1n) is 8.17. The molecule has 0 unspecified atom stereocenters. The van der Waals surface area contributed by atoms with E-state index in [0.717, 1.165) is 12.1 Å². The molecule has 2 aliphatic heterocycles. The number of hydrogen-bond donors (Lipinski definition) is 1. The highest BCUT2D eigenvalue weighted by Gasteiger charge is 2.37. The number of benzene rings is 1. The van der Waals surface area contributed by atoms with Crippen molar-refractivity contribution >= 4 is 15.7 Å². The Morgan fingerprint density at radius 2 is 1.72 bits per heavy atom. The maximum absolute atomic E-state index is 12.6. The SMILES string of the molecule is O=C(c1ccc(C(F)(F)F)cc1)N1CC[NH+]([C@H]2CCS(=O)(=O)C2)CC1. The van der Waals surface area contributed by atoms with Gasteiger partial charge < -0.3 is 9.80 Å². The van der Waals surface area contributed by atoms with E-state index in [4.69, 9.17) is 0 Å². The quantitative estimate of drug-likeness (QED) is 0.803. The Morgan fingerprint density at radius 1 is 1.12 bits per heavy atom. The summed E-state index contributed by atoms with van der Waals surface area (Å²) < 4.78 is 60.9. The van der Waals surface area contributed by atoms with Gasteiger partial charge in [-0.3, -0.25) is 4.79 Å². The van der Waals surface area contributed by atoms with Crippen molar-refractivity contribution in [2.24, 2.45) is 0 Å². The molecule has 2 saturated heterocycles. The van der Waals surface area contributed by atoms with Crippen LogP contribution in [0.1, 0.15) is 22.3 Å². The molecule has 9 heteroatoms. The molecular formula is C16H20F3N2O3S+. The number of nitrogens with one attached hydrogen (secondary N) is 1. The molecule has 2 fully saturated rings. The summed E-state index contributed by atoms with van der Waals surface area (Å²) in [6.07, 6.45) is -3.76. The monoisotopic (exact) mass is 377 g/mol. The zero-order chi connectivity index (χ0) is 18.2. The molecule has 138 valence electrons. The number of alkyl halides is 3. The van der Waals surface area contributed by atoms with Crippen LogP contribution in [0.4, 0.5) is 13.2 Å². The van der Waals surface area contributed by atoms with E-state index in [-0.39, 0.29) is 29.0 Å². The van der Waals surface area contributed by atoms with E-state index in [0.29, 0.717) is 32.6 Å². The Bertz CT molecular complexity index is 739. The van der Waals surface area contributed by atoms with Gasteiger partial charge in [0.05, 0.1) is 37.5 Å². The molecule has 0 saturated carbocycles. The van der Waals surface area contributed by atoms with Crippen molar-refractivity contribution in [1.82, 2.24) is 4.90 Å². The second-order valence-corrected chi connectivity index (χ2v) is 8.85. The van der Waals surface area contributed by atoms with Crippen LogP contribution in [0.25, 0.3) is 0 Å². The molecule has 3 rings (SSSR count). The van der Waals surface area contributed by atoms with Crippen LogP contribution in [0.2, 0.25) is 0 Å². The van der Waals surface area contributed by atoms with Crippen LogP contribution in [-0.4, -0.2) is 63.0 Å². The van der Waals surface area contributed by atoms with Crippen molar-refractivity contribution in [3.8, 4) is 0 Å². The number of rotatable bonds is 2. The highest BCUT2D eigenvalue weighted by molar-refractivity contribution is 7.91. The third-order valence-corrected chi connectivity index (χ3v) is 6.73. The van der Waals surface area contributed by atoms with Gasteiger partial charge in [0.2, 0.25) is 0 Å². The van der Waals surface area contributed by atoms with Crippen molar-refractivity contribution in [1.29, 1.82) is 0 Å². The molecule has 25 heavy (non-hydrogen) atoms. The lowest BCUT2D eigenvalue weighted by Gasteiger charge is -2.35. The molecule has 1 aromatic rings. The van der Waals surface area contributed by atoms with Crippen molar-refractivity contribution < 1.29 is 31.3 Å². The first-order valence-corrected chi connectivity index (χ1v) is 9.99. The minimum atomic E-state index is -4.42. The van der Waals surface area contributed by atoms with Gasteiger partial charge in [0.15, 0.2) is 9.84 Å². The molecule has 1 atom stereocenters. The number of sulfone groups is 1. The van der Waals surface area contributed by atoms with E-state index in [2.05, 4.69) is 0 Å². The molecule has 2 heterocycles. The predicted octanol–water partition coefficient (Wildman–Crippen LogP) is 0.233. The van der Waals surface area contributed by atoms with Crippen LogP contribution in [0, 0.1) is 0 Å². The smallest absolute Gasteiger partial charge is 0.329 e. The number of amides is 1. The van der Waals surface area contributed by atoms with Gasteiger partial charge in [-0.05, 0) is 24.3 Å². The van der Waals surface area contributed by atoms with Gasteiger partial charge in [0.25, 0.3) is 5.91 Å². The first kappa shape index (κ1) is 18.2. The standard InChI is InChI=1S/C16H19F3N2O3S/c17-16(18,19)13-3-1-12(2-4-13)15(22)21-8-6-20(7-9-21)14-5-10-25(23,24)11-14/h1-4,14H,5-11H2/p+1/t14-/m0/s1. The third kappa shape index (κ3) is 4.14. The van der Waals surface area contributed by atoms with Gasteiger partial charge in [-0.25, -0.2) is 8.42 Å². The van der Waals surface area contributed by atoms with Crippen LogP contribution in [-0.2, 0) is 16.0 Å². The fraction of sp³-hybridized carbons (Fsp3) is 0.562. The molecule has 2 aliphatic rings. The van der Waals surface area contributed by atoms with Gasteiger partial charge >= 0.3 is 6.18 Å². The largest absolute Gasteiger partial charge is 0.416 e. The van der Waals surface area contributed by atoms with Gasteiger partial charge in [0.1, 0.15) is 11.8 Å². The molecule has 0 aromatic heterocycles. The lowest BCUT2D eigenvalue weighted by molar-refractivity contribution is -0.925. The summed E-state index contributed by atoms with van der Waals surface area (Å²) in [6.45, 7) is 2.27. The summed E-state index contributed by atoms with van der Waals surface area (Å²) in [7, 11) is -2.93. The minimum absolute atomic E-state index is 0.0910. The molecule has 1 N–H and O–H groups in total. The van der Waals surface area contributed by atoms with E-state index < -0.39 is 21.6 Å². The Morgan fingerprint density at radius 3 is 2.20 bits per heavy atom. The van der Waals surface area contributed by atoms with Gasteiger partial charge in [-0.15, -0.1) is 0 Å². The van der Waals surface area contributed by atoms with E-state index in [1.54, 1.807) is 4.90 Å². The minimum Gasteiger partial charge on any atom is -0.329 e. The summed E-state index contributed by atoms with van der Waals surface area (Å²) in [5.74, 6) is 0.150. The van der Waals surface area contributed by atoms with E-state index in [1.807, 2.05) is 0 Å². The van der Waals surface area contributed by atoms with Crippen LogP contribution in [0.3, 0.4) is 0 Å². The number of nitrogens with zero attached hydrogens (tertiary/aromatic N) is 1. The van der Waals surface area contributed by atoms with Crippen molar-refractivity contribution in [3.05, 3.63) is 35.4 Å². The molecule has 0 aliphatic carbocycles. The summed E-state index contributed by atoms with van der Waals surface area (Å²) in [6, 6.07) is 4.33. The third-order valence-electron chi connectivity index (χ3n) is 4.96. The number of carbonyl (C=O) groups excluding carboxylic acids is 1. The number of carbonyl (C=O) groups is 1. The van der Waals surface area contributed by atoms with Crippen molar-refractivity contribution in [2.45, 2.75) is 18.6 Å². The van der Waals surface area contributed by atoms with Gasteiger partial charge in [-0.2, -0.15) is 13.2 Å². The molecule has 1 amide bonds. The Labute approximate surface area is 144 Å². The topological polar surface area (TPSA) is 58.9 Å². The molecule has 0 bridgehead atoms. The molecular weight excluding hydrogens is 357 g/mol. The molecule has 0 radical (unpaired) electrons. The average molecular weight is 377 g/mol. The lowest BCUT2D eigenvalue weighted by atomic mass is 10.1. The maximum atomic E-state index is 12.6. The summed E-state index contributed by atoms with van der Waals surface area (Å²) in [5.41, 5.74) is -0.541. The predicted molar refractivity (Wildman–Crippen MR) is 85.1 cm³/mol. The second kappa shape index (κ2) is 6.60. The fourth-order valence-electron chi connectivity index (χ4n) is 3.51. The van der Waals surface area contributed by atoms with Crippen molar-refractivity contribution in [2.75, 3.05) is 37.7 Å². The lowest BCUT2D eigenvalue weighted by Crippen LogP contribution is -3.18. The zero-order valence-corrected chi connectivity index (χ0v) is 14.4. The molecule has 1 aromatic carbocycles. The normalized spacial score (nSPS) is 24.4. The number of piperazine rings is 1. The summed E-state index contributed by atoms with van der Waals surface area (Å²) >= 11 is 0. The second-order valence-electron chi connectivity index (χ2n) is 6.63. The van der Waals surface area contributed by atoms with Crippen LogP contribution in [0.15, 0.2) is 24.3 Å². The van der Waals surface area contributed by atoms with Crippen LogP contribution in [0.5, 0.6) is 0 Å². The van der Waals surface area contributed by atoms with E-state index in [9.17, 15) is 26.4 Å². The Kier molecular flexibility index (Phi) is 4.80. The van der Waals surface area contributed by atoms with Crippen LogP contribution >= 0.6 is 0 Å². The maximum Gasteiger partial charge on any atom is 0.416 e. The number of hydrogen-bond acceptors (Lipinski definition) is 3. The van der Waals surface area contributed by atoms with Gasteiger partial charge in [-0.1, -0.05) is 0 Å². The zero-order valence-electron chi connectivity index (χ0n) is 13.6. The number of quaternary nitrogens is 1. The van der Waals surface area contributed by atoms with E-state index in [1.165, 1.54) is 17.0 Å². The first-order chi connectivity index (χ1) is 11.7. The fourth-order valence-corrected chi connectivity index (χ4v) is 5.33. The molecule has 5 nitrogen and oxygen atoms in total. The van der Waals surface area contributed by atoms with Gasteiger partial charge in [0, 0.05) is 12.0 Å². The highest BCUT2D eigenvalue weighted by Crippen LogP contribution is 2.29. The Hall–Kier alpha value is -1.61. The van der Waals surface area contributed by atoms with Crippen molar-refractivity contribution in [3.63, 3.8) is 0 Å². The van der Waals surface area contributed by atoms with E-state index >= 15 is 0 Å². The highest BCUT2D eigenvalue weighted by atomic mass is 32.2. The summed E-state index contributed by atoms with van der Waals surface area (Å²) in [4.78, 5) is 15.2. The molecule has 0 spiro atoms. The average Bonchev–Trinajstić information content (AvgIpc) is 2.94. The number of halogens is 3.